The average Bonchev–Trinajstić information content (AvgIpc) is 2.02. The topological polar surface area (TPSA) is 33.1 Å². The van der Waals surface area contributed by atoms with Gasteiger partial charge < -0.3 is 5.11 Å². The maximum Gasteiger partial charge on any atom is 0.134 e. The van der Waals surface area contributed by atoms with Crippen LogP contribution in [0.4, 0.5) is 0 Å². The highest BCUT2D eigenvalue weighted by molar-refractivity contribution is 5.83. The Balaban J connectivity index is 2.86. The monoisotopic (exact) mass is 173 g/mol. The van der Waals surface area contributed by atoms with E-state index in [-0.39, 0.29) is 5.75 Å². The molecule has 1 N–H and O–H groups in total. The zero-order chi connectivity index (χ0) is 9.42. The summed E-state index contributed by atoms with van der Waals surface area (Å²) in [5, 5.41) is 10.2. The maximum atomic E-state index is 9.25. The molecule has 2 rings (SSSR count). The normalized spacial score (nSPS) is 10.6. The number of fused-ring (bicyclic) bond motifs is 1. The summed E-state index contributed by atoms with van der Waals surface area (Å²) in [6.45, 7) is 4.07. The highest BCUT2D eigenvalue weighted by Crippen LogP contribution is 2.21. The Bertz CT molecular complexity index is 458. The van der Waals surface area contributed by atoms with Crippen molar-refractivity contribution in [2.24, 2.45) is 0 Å². The summed E-state index contributed by atoms with van der Waals surface area (Å²) in [7, 11) is 0. The van der Waals surface area contributed by atoms with Crippen LogP contribution in [0.5, 0.6) is 5.75 Å². The fourth-order valence-electron chi connectivity index (χ4n) is 1.61. The van der Waals surface area contributed by atoms with Gasteiger partial charge >= 0.3 is 0 Å². The molecule has 0 atom stereocenters. The molecule has 13 heavy (non-hydrogen) atoms. The van der Waals surface area contributed by atoms with Crippen LogP contribution in [0, 0.1) is 13.8 Å². The second kappa shape index (κ2) is 2.73. The van der Waals surface area contributed by atoms with Crippen LogP contribution < -0.4 is 0 Å². The Labute approximate surface area is 76.9 Å². The zero-order valence-corrected chi connectivity index (χ0v) is 7.70. The molecule has 66 valence electrons. The molecule has 2 nitrogen and oxygen atoms in total. The Morgan fingerprint density at radius 3 is 2.69 bits per heavy atom. The van der Waals surface area contributed by atoms with E-state index in [9.17, 15) is 5.11 Å². The lowest BCUT2D eigenvalue weighted by Gasteiger charge is -2.03. The molecule has 0 spiro atoms. The maximum absolute atomic E-state index is 9.25. The first-order valence-corrected chi connectivity index (χ1v) is 4.23. The Morgan fingerprint density at radius 1 is 1.15 bits per heavy atom. The van der Waals surface area contributed by atoms with E-state index in [1.54, 1.807) is 6.07 Å². The molecule has 0 aliphatic carbocycles. The molecular formula is C11H11NO. The van der Waals surface area contributed by atoms with E-state index in [1.165, 1.54) is 11.8 Å². The van der Waals surface area contributed by atoms with E-state index in [0.29, 0.717) is 0 Å². The molecule has 0 amide bonds. The van der Waals surface area contributed by atoms with Crippen LogP contribution in [0.3, 0.4) is 0 Å². The van der Waals surface area contributed by atoms with Crippen molar-refractivity contribution in [1.82, 2.24) is 4.98 Å². The molecule has 1 aromatic carbocycles. The third kappa shape index (κ3) is 1.35. The van der Waals surface area contributed by atoms with Crippen molar-refractivity contribution in [2.75, 3.05) is 0 Å². The van der Waals surface area contributed by atoms with Gasteiger partial charge in [0, 0.05) is 5.39 Å². The van der Waals surface area contributed by atoms with Gasteiger partial charge in [-0.25, -0.2) is 0 Å². The minimum atomic E-state index is 0.220. The Hall–Kier alpha value is -1.57. The predicted octanol–water partition coefficient (Wildman–Crippen LogP) is 2.56. The van der Waals surface area contributed by atoms with Gasteiger partial charge in [-0.15, -0.1) is 0 Å². The van der Waals surface area contributed by atoms with Crippen molar-refractivity contribution in [3.05, 3.63) is 35.5 Å². The van der Waals surface area contributed by atoms with E-state index >= 15 is 0 Å². The second-order valence-electron chi connectivity index (χ2n) is 3.35. The highest BCUT2D eigenvalue weighted by Gasteiger charge is 2.00. The molecule has 0 radical (unpaired) electrons. The first-order chi connectivity index (χ1) is 6.16. The molecule has 0 saturated carbocycles. The van der Waals surface area contributed by atoms with Gasteiger partial charge in [-0.05, 0) is 31.5 Å². The van der Waals surface area contributed by atoms with Gasteiger partial charge in [0.25, 0.3) is 0 Å². The number of hydrogen-bond acceptors (Lipinski definition) is 2. The summed E-state index contributed by atoms with van der Waals surface area (Å²) in [4.78, 5) is 4.17. The fourth-order valence-corrected chi connectivity index (χ4v) is 1.61. The van der Waals surface area contributed by atoms with Gasteiger partial charge in [0.2, 0.25) is 0 Å². The van der Waals surface area contributed by atoms with Gasteiger partial charge in [-0.2, -0.15) is 0 Å². The quantitative estimate of drug-likeness (QED) is 0.664. The van der Waals surface area contributed by atoms with E-state index in [0.717, 1.165) is 16.5 Å². The number of pyridine rings is 1. The number of aromatic hydroxyl groups is 1. The molecule has 0 fully saturated rings. The summed E-state index contributed by atoms with van der Waals surface area (Å²) in [5.74, 6) is 0.220. The lowest BCUT2D eigenvalue weighted by atomic mass is 10.1. The van der Waals surface area contributed by atoms with E-state index < -0.39 is 0 Å². The second-order valence-corrected chi connectivity index (χ2v) is 3.35. The van der Waals surface area contributed by atoms with Crippen molar-refractivity contribution < 1.29 is 5.11 Å². The van der Waals surface area contributed by atoms with Crippen molar-refractivity contribution in [1.29, 1.82) is 0 Å². The van der Waals surface area contributed by atoms with Crippen molar-refractivity contribution in [2.45, 2.75) is 13.8 Å². The minimum Gasteiger partial charge on any atom is -0.506 e. The number of nitrogens with zero attached hydrogens (tertiary/aromatic N) is 1. The Kier molecular flexibility index (Phi) is 1.69. The molecule has 0 unspecified atom stereocenters. The number of aryl methyl sites for hydroxylation is 2. The largest absolute Gasteiger partial charge is 0.506 e. The first-order valence-electron chi connectivity index (χ1n) is 4.23. The minimum absolute atomic E-state index is 0.220. The first kappa shape index (κ1) is 8.05. The number of aromatic nitrogens is 1. The molecule has 1 aromatic heterocycles. The standard InChI is InChI=1S/C11H11NO/c1-7-3-8(2)11-9(4-7)5-10(13)6-12-11/h3-6,13H,1-2H3. The summed E-state index contributed by atoms with van der Waals surface area (Å²) < 4.78 is 0. The summed E-state index contributed by atoms with van der Waals surface area (Å²) in [6.07, 6.45) is 1.48. The van der Waals surface area contributed by atoms with Gasteiger partial charge in [0.05, 0.1) is 11.7 Å². The van der Waals surface area contributed by atoms with Gasteiger partial charge in [-0.1, -0.05) is 11.6 Å². The zero-order valence-electron chi connectivity index (χ0n) is 7.70. The summed E-state index contributed by atoms with van der Waals surface area (Å²) >= 11 is 0. The van der Waals surface area contributed by atoms with Crippen molar-refractivity contribution >= 4 is 10.9 Å². The van der Waals surface area contributed by atoms with Crippen LogP contribution in [0.15, 0.2) is 24.4 Å². The van der Waals surface area contributed by atoms with Crippen LogP contribution in [-0.4, -0.2) is 10.1 Å². The third-order valence-electron chi connectivity index (χ3n) is 2.10. The molecule has 0 saturated heterocycles. The molecule has 1 heterocycles. The molecule has 2 aromatic rings. The Morgan fingerprint density at radius 2 is 1.92 bits per heavy atom. The van der Waals surface area contributed by atoms with Crippen LogP contribution >= 0.6 is 0 Å². The average molecular weight is 173 g/mol. The van der Waals surface area contributed by atoms with E-state index in [2.05, 4.69) is 11.1 Å². The smallest absolute Gasteiger partial charge is 0.134 e. The summed E-state index contributed by atoms with van der Waals surface area (Å²) in [6, 6.07) is 5.85. The van der Waals surface area contributed by atoms with E-state index in [1.807, 2.05) is 19.9 Å². The molecule has 0 aliphatic rings. The van der Waals surface area contributed by atoms with Gasteiger partial charge in [0.1, 0.15) is 5.75 Å². The van der Waals surface area contributed by atoms with Crippen molar-refractivity contribution in [3.8, 4) is 5.75 Å². The lowest BCUT2D eigenvalue weighted by Crippen LogP contribution is -1.84. The number of hydrogen-bond donors (Lipinski definition) is 1. The predicted molar refractivity (Wildman–Crippen MR) is 52.9 cm³/mol. The third-order valence-corrected chi connectivity index (χ3v) is 2.10. The number of rotatable bonds is 0. The number of benzene rings is 1. The lowest BCUT2D eigenvalue weighted by molar-refractivity contribution is 0.474. The summed E-state index contributed by atoms with van der Waals surface area (Å²) in [5.41, 5.74) is 3.30. The molecule has 0 aliphatic heterocycles. The highest BCUT2D eigenvalue weighted by atomic mass is 16.3. The van der Waals surface area contributed by atoms with Crippen LogP contribution in [0.25, 0.3) is 10.9 Å². The SMILES string of the molecule is Cc1cc(C)c2ncc(O)cc2c1. The van der Waals surface area contributed by atoms with E-state index in [4.69, 9.17) is 0 Å². The molecule has 2 heteroatoms. The molecule has 0 bridgehead atoms. The van der Waals surface area contributed by atoms with Crippen LogP contribution in [0.2, 0.25) is 0 Å². The van der Waals surface area contributed by atoms with Gasteiger partial charge in [-0.3, -0.25) is 4.98 Å². The molecular weight excluding hydrogens is 162 g/mol. The van der Waals surface area contributed by atoms with Crippen LogP contribution in [0.1, 0.15) is 11.1 Å². The van der Waals surface area contributed by atoms with Crippen molar-refractivity contribution in [3.63, 3.8) is 0 Å². The van der Waals surface area contributed by atoms with Crippen LogP contribution in [-0.2, 0) is 0 Å². The van der Waals surface area contributed by atoms with Gasteiger partial charge in [0.15, 0.2) is 0 Å². The fraction of sp³-hybridized carbons (Fsp3) is 0.182.